The fourth-order valence-electron chi connectivity index (χ4n) is 1.50. The van der Waals surface area contributed by atoms with E-state index in [0.717, 1.165) is 3.57 Å². The van der Waals surface area contributed by atoms with Crippen molar-refractivity contribution in [2.24, 2.45) is 0 Å². The fourth-order valence-corrected chi connectivity index (χ4v) is 2.21. The lowest BCUT2D eigenvalue weighted by atomic mass is 10.3. The van der Waals surface area contributed by atoms with Gasteiger partial charge in [0.2, 0.25) is 0 Å². The van der Waals surface area contributed by atoms with E-state index in [2.05, 4.69) is 27.9 Å². The summed E-state index contributed by atoms with van der Waals surface area (Å²) in [4.78, 5) is 11.8. The van der Waals surface area contributed by atoms with E-state index in [1.165, 1.54) is 18.2 Å². The lowest BCUT2D eigenvalue weighted by molar-refractivity contribution is -0.118. The molecule has 0 heterocycles. The second kappa shape index (κ2) is 6.81. The van der Waals surface area contributed by atoms with Gasteiger partial charge in [-0.1, -0.05) is 23.7 Å². The third-order valence-corrected chi connectivity index (χ3v) is 3.55. The zero-order chi connectivity index (χ0) is 14.5. The van der Waals surface area contributed by atoms with Crippen LogP contribution < -0.4 is 10.1 Å². The summed E-state index contributed by atoms with van der Waals surface area (Å²) in [6.45, 7) is -0.147. The molecule has 0 saturated heterocycles. The molecule has 0 saturated carbocycles. The largest absolute Gasteiger partial charge is 0.506 e. The number of halogens is 2. The number of amides is 1. The van der Waals surface area contributed by atoms with Crippen LogP contribution in [0.25, 0.3) is 0 Å². The number of phenolic OH excluding ortho intramolecular Hbond substituents is 1. The van der Waals surface area contributed by atoms with E-state index < -0.39 is 0 Å². The van der Waals surface area contributed by atoms with Gasteiger partial charge < -0.3 is 15.2 Å². The zero-order valence-corrected chi connectivity index (χ0v) is 13.2. The summed E-state index contributed by atoms with van der Waals surface area (Å²) in [6.07, 6.45) is 0. The van der Waals surface area contributed by atoms with Crippen LogP contribution in [0.4, 0.5) is 5.69 Å². The third-order valence-electron chi connectivity index (χ3n) is 2.43. The Labute approximate surface area is 134 Å². The fraction of sp³-hybridized carbons (Fsp3) is 0.0714. The highest BCUT2D eigenvalue weighted by atomic mass is 127. The monoisotopic (exact) mass is 403 g/mol. The Balaban J connectivity index is 1.96. The number of para-hydroxylation sites is 1. The maximum absolute atomic E-state index is 11.8. The van der Waals surface area contributed by atoms with Gasteiger partial charge >= 0.3 is 0 Å². The Hall–Kier alpha value is -1.47. The minimum absolute atomic E-state index is 0.0444. The SMILES string of the molecule is O=C(COc1ccccc1I)Nc1cc(Cl)ccc1O. The van der Waals surface area contributed by atoms with Gasteiger partial charge in [0.15, 0.2) is 6.61 Å². The van der Waals surface area contributed by atoms with Crippen LogP contribution in [0.1, 0.15) is 0 Å². The number of rotatable bonds is 4. The normalized spacial score (nSPS) is 10.1. The maximum Gasteiger partial charge on any atom is 0.262 e. The molecule has 2 N–H and O–H groups in total. The number of nitrogens with one attached hydrogen (secondary N) is 1. The Morgan fingerprint density at radius 3 is 2.80 bits per heavy atom. The van der Waals surface area contributed by atoms with Gasteiger partial charge in [0.1, 0.15) is 11.5 Å². The van der Waals surface area contributed by atoms with Crippen molar-refractivity contribution in [3.8, 4) is 11.5 Å². The molecule has 0 radical (unpaired) electrons. The minimum Gasteiger partial charge on any atom is -0.506 e. The number of carbonyl (C=O) groups excluding carboxylic acids is 1. The van der Waals surface area contributed by atoms with Gasteiger partial charge in [-0.05, 0) is 52.9 Å². The van der Waals surface area contributed by atoms with Crippen molar-refractivity contribution in [2.45, 2.75) is 0 Å². The number of aromatic hydroxyl groups is 1. The molecular weight excluding hydrogens is 393 g/mol. The lowest BCUT2D eigenvalue weighted by Crippen LogP contribution is -2.20. The van der Waals surface area contributed by atoms with Crippen molar-refractivity contribution in [3.05, 3.63) is 51.1 Å². The first kappa shape index (κ1) is 14.9. The predicted octanol–water partition coefficient (Wildman–Crippen LogP) is 3.67. The molecule has 0 fully saturated rings. The second-order valence-corrected chi connectivity index (χ2v) is 5.53. The van der Waals surface area contributed by atoms with E-state index in [4.69, 9.17) is 16.3 Å². The molecule has 2 aromatic rings. The van der Waals surface area contributed by atoms with Gasteiger partial charge in [0.05, 0.1) is 9.26 Å². The lowest BCUT2D eigenvalue weighted by Gasteiger charge is -2.10. The summed E-state index contributed by atoms with van der Waals surface area (Å²) in [7, 11) is 0. The molecule has 0 spiro atoms. The molecule has 0 aromatic heterocycles. The molecule has 6 heteroatoms. The van der Waals surface area contributed by atoms with Gasteiger partial charge in [-0.15, -0.1) is 0 Å². The van der Waals surface area contributed by atoms with Crippen molar-refractivity contribution in [2.75, 3.05) is 11.9 Å². The van der Waals surface area contributed by atoms with Gasteiger partial charge in [-0.3, -0.25) is 4.79 Å². The number of ether oxygens (including phenoxy) is 1. The summed E-state index contributed by atoms with van der Waals surface area (Å²) in [5.41, 5.74) is 0.258. The molecule has 1 amide bonds. The smallest absolute Gasteiger partial charge is 0.262 e. The molecule has 20 heavy (non-hydrogen) atoms. The first-order valence-electron chi connectivity index (χ1n) is 5.72. The number of hydrogen-bond donors (Lipinski definition) is 2. The average molecular weight is 404 g/mol. The van der Waals surface area contributed by atoms with Crippen LogP contribution in [0.5, 0.6) is 11.5 Å². The van der Waals surface area contributed by atoms with Crippen molar-refractivity contribution in [1.29, 1.82) is 0 Å². The van der Waals surface area contributed by atoms with E-state index in [1.807, 2.05) is 18.2 Å². The first-order chi connectivity index (χ1) is 9.56. The van der Waals surface area contributed by atoms with E-state index in [9.17, 15) is 9.90 Å². The number of phenols is 1. The maximum atomic E-state index is 11.8. The number of anilines is 1. The van der Waals surface area contributed by atoms with Crippen molar-refractivity contribution in [1.82, 2.24) is 0 Å². The van der Waals surface area contributed by atoms with Crippen LogP contribution in [-0.2, 0) is 4.79 Å². The topological polar surface area (TPSA) is 58.6 Å². The Morgan fingerprint density at radius 1 is 1.30 bits per heavy atom. The molecule has 0 aliphatic rings. The summed E-state index contributed by atoms with van der Waals surface area (Å²) < 4.78 is 6.33. The summed E-state index contributed by atoms with van der Waals surface area (Å²) in [5.74, 6) is 0.220. The van der Waals surface area contributed by atoms with E-state index >= 15 is 0 Å². The number of hydrogen-bond acceptors (Lipinski definition) is 3. The minimum atomic E-state index is -0.373. The molecule has 104 valence electrons. The van der Waals surface area contributed by atoms with Crippen LogP contribution >= 0.6 is 34.2 Å². The van der Waals surface area contributed by atoms with Crippen molar-refractivity contribution < 1.29 is 14.6 Å². The third kappa shape index (κ3) is 4.01. The van der Waals surface area contributed by atoms with Crippen LogP contribution in [0.15, 0.2) is 42.5 Å². The van der Waals surface area contributed by atoms with Crippen LogP contribution in [0.2, 0.25) is 5.02 Å². The number of benzene rings is 2. The predicted molar refractivity (Wildman–Crippen MR) is 86.4 cm³/mol. The molecular formula is C14H11ClINO3. The second-order valence-electron chi connectivity index (χ2n) is 3.93. The molecule has 2 rings (SSSR count). The van der Waals surface area contributed by atoms with Crippen LogP contribution in [-0.4, -0.2) is 17.6 Å². The molecule has 0 bridgehead atoms. The molecule has 0 aliphatic carbocycles. The quantitative estimate of drug-likeness (QED) is 0.605. The molecule has 4 nitrogen and oxygen atoms in total. The molecule has 0 unspecified atom stereocenters. The van der Waals surface area contributed by atoms with Crippen LogP contribution in [0.3, 0.4) is 0 Å². The molecule has 0 aliphatic heterocycles. The molecule has 0 atom stereocenters. The summed E-state index contributed by atoms with van der Waals surface area (Å²) >= 11 is 7.93. The van der Waals surface area contributed by atoms with Gasteiger partial charge in [-0.2, -0.15) is 0 Å². The Kier molecular flexibility index (Phi) is 5.08. The standard InChI is InChI=1S/C14H11ClINO3/c15-9-5-6-12(18)11(7-9)17-14(19)8-20-13-4-2-1-3-10(13)16/h1-7,18H,8H2,(H,17,19). The van der Waals surface area contributed by atoms with Crippen LogP contribution in [0, 0.1) is 3.57 Å². The summed E-state index contributed by atoms with van der Waals surface area (Å²) in [6, 6.07) is 11.8. The highest BCUT2D eigenvalue weighted by Crippen LogP contribution is 2.26. The van der Waals surface area contributed by atoms with E-state index in [1.54, 1.807) is 6.07 Å². The highest BCUT2D eigenvalue weighted by molar-refractivity contribution is 14.1. The number of carbonyl (C=O) groups is 1. The van der Waals surface area contributed by atoms with E-state index in [0.29, 0.717) is 10.8 Å². The zero-order valence-electron chi connectivity index (χ0n) is 10.3. The van der Waals surface area contributed by atoms with E-state index in [-0.39, 0.29) is 24.0 Å². The Morgan fingerprint density at radius 2 is 2.05 bits per heavy atom. The Bertz CT molecular complexity index is 634. The first-order valence-corrected chi connectivity index (χ1v) is 7.17. The summed E-state index contributed by atoms with van der Waals surface area (Å²) in [5, 5.41) is 12.6. The van der Waals surface area contributed by atoms with Crippen molar-refractivity contribution in [3.63, 3.8) is 0 Å². The van der Waals surface area contributed by atoms with Crippen molar-refractivity contribution >= 4 is 45.8 Å². The van der Waals surface area contributed by atoms with Gasteiger partial charge in [-0.25, -0.2) is 0 Å². The highest BCUT2D eigenvalue weighted by Gasteiger charge is 2.09. The molecule has 2 aromatic carbocycles. The van der Waals surface area contributed by atoms with Gasteiger partial charge in [0.25, 0.3) is 5.91 Å². The van der Waals surface area contributed by atoms with Gasteiger partial charge in [0, 0.05) is 5.02 Å². The average Bonchev–Trinajstić information content (AvgIpc) is 2.42.